The second-order valence-electron chi connectivity index (χ2n) is 6.76. The number of ether oxygens (including phenoxy) is 3. The van der Waals surface area contributed by atoms with Crippen LogP contribution >= 0.6 is 0 Å². The van der Waals surface area contributed by atoms with E-state index in [9.17, 15) is 9.59 Å². The van der Waals surface area contributed by atoms with Crippen molar-refractivity contribution in [2.24, 2.45) is 9.98 Å². The maximum atomic E-state index is 12.6. The fourth-order valence-electron chi connectivity index (χ4n) is 2.93. The van der Waals surface area contributed by atoms with E-state index in [2.05, 4.69) is 27.0 Å². The molecule has 10 nitrogen and oxygen atoms in total. The lowest BCUT2D eigenvalue weighted by Gasteiger charge is -2.13. The first-order valence-electron chi connectivity index (χ1n) is 9.51. The Balaban J connectivity index is 1.84. The van der Waals surface area contributed by atoms with Gasteiger partial charge in [-0.05, 0) is 37.6 Å². The summed E-state index contributed by atoms with van der Waals surface area (Å²) in [6, 6.07) is 5.07. The molecule has 2 heterocycles. The van der Waals surface area contributed by atoms with Crippen molar-refractivity contribution in [3.05, 3.63) is 47.7 Å². The van der Waals surface area contributed by atoms with Crippen molar-refractivity contribution in [2.45, 2.75) is 13.8 Å². The molecule has 0 spiro atoms. The Morgan fingerprint density at radius 1 is 1.06 bits per heavy atom. The quantitative estimate of drug-likeness (QED) is 0.695. The predicted octanol–water partition coefficient (Wildman–Crippen LogP) is 2.63. The molecule has 1 N–H and O–H groups in total. The molecule has 2 amide bonds. The molecule has 0 saturated carbocycles. The first-order chi connectivity index (χ1) is 15.3. The van der Waals surface area contributed by atoms with Crippen molar-refractivity contribution >= 4 is 35.4 Å². The third-order valence-electron chi connectivity index (χ3n) is 4.55. The molecule has 1 aliphatic heterocycles. The first kappa shape index (κ1) is 22.5. The molecule has 0 saturated heterocycles. The summed E-state index contributed by atoms with van der Waals surface area (Å²) in [5, 5.41) is 7.00. The van der Waals surface area contributed by atoms with Gasteiger partial charge in [0.05, 0.1) is 38.3 Å². The minimum Gasteiger partial charge on any atom is -0.493 e. The maximum absolute atomic E-state index is 12.6. The van der Waals surface area contributed by atoms with Gasteiger partial charge in [-0.25, -0.2) is 4.99 Å². The van der Waals surface area contributed by atoms with E-state index in [0.717, 1.165) is 0 Å². The molecule has 0 unspecified atom stereocenters. The molecule has 1 aromatic heterocycles. The highest BCUT2D eigenvalue weighted by Gasteiger charge is 2.21. The lowest BCUT2D eigenvalue weighted by molar-refractivity contribution is -0.114. The van der Waals surface area contributed by atoms with Gasteiger partial charge in [-0.15, -0.1) is 0 Å². The highest BCUT2D eigenvalue weighted by atomic mass is 16.5. The number of carbonyl (C=O) groups excluding carboxylic acids is 2. The van der Waals surface area contributed by atoms with Crippen LogP contribution in [-0.4, -0.2) is 54.6 Å². The van der Waals surface area contributed by atoms with Crippen LogP contribution in [0.1, 0.15) is 18.2 Å². The molecular formula is C22H23N5O5. The Hall–Kier alpha value is -4.21. The van der Waals surface area contributed by atoms with Crippen molar-refractivity contribution in [1.29, 1.82) is 0 Å². The summed E-state index contributed by atoms with van der Waals surface area (Å²) in [6.07, 6.45) is 2.94. The smallest absolute Gasteiger partial charge is 0.281 e. The standard InChI is InChI=1S/C22H23N5O5/c1-12-9-18(27(26-12)22-23-14(3)13(2)21(29)25-22)24-19(28)8-7-15-10-16(30-4)20(32-6)17(11-15)31-5/h7-11H,2H2,1,3-6H3,(H,24,28)/b8-7+. The summed E-state index contributed by atoms with van der Waals surface area (Å²) in [6.45, 7) is 7.05. The lowest BCUT2D eigenvalue weighted by Crippen LogP contribution is -2.24. The SMILES string of the molecule is C=C1C(=O)N=C(n2nc(C)cc2NC(=O)/C=C/c2cc(OC)c(OC)c(OC)c2)N=C1C. The minimum absolute atomic E-state index is 0.0527. The molecule has 166 valence electrons. The Bertz CT molecular complexity index is 1160. The van der Waals surface area contributed by atoms with Gasteiger partial charge in [0.15, 0.2) is 11.5 Å². The van der Waals surface area contributed by atoms with Crippen molar-refractivity contribution in [1.82, 2.24) is 9.78 Å². The van der Waals surface area contributed by atoms with E-state index >= 15 is 0 Å². The number of nitrogens with one attached hydrogen (secondary N) is 1. The van der Waals surface area contributed by atoms with Crippen LogP contribution in [0.3, 0.4) is 0 Å². The fraction of sp³-hybridized carbons (Fsp3) is 0.227. The van der Waals surface area contributed by atoms with Gasteiger partial charge < -0.3 is 19.5 Å². The first-order valence-corrected chi connectivity index (χ1v) is 9.51. The van der Waals surface area contributed by atoms with Crippen LogP contribution < -0.4 is 19.5 Å². The largest absolute Gasteiger partial charge is 0.493 e. The Labute approximate surface area is 184 Å². The molecular weight excluding hydrogens is 414 g/mol. The van der Waals surface area contributed by atoms with Gasteiger partial charge in [-0.1, -0.05) is 6.58 Å². The molecule has 0 bridgehead atoms. The average Bonchev–Trinajstić information content (AvgIpc) is 3.14. The number of anilines is 1. The molecule has 0 aliphatic carbocycles. The molecule has 0 radical (unpaired) electrons. The minimum atomic E-state index is -0.500. The molecule has 1 aromatic carbocycles. The molecule has 0 atom stereocenters. The van der Waals surface area contributed by atoms with E-state index in [1.165, 1.54) is 32.1 Å². The zero-order valence-electron chi connectivity index (χ0n) is 18.4. The van der Waals surface area contributed by atoms with E-state index in [0.29, 0.717) is 40.0 Å². The predicted molar refractivity (Wildman–Crippen MR) is 121 cm³/mol. The number of aryl methyl sites for hydroxylation is 1. The molecule has 0 fully saturated rings. The molecule has 3 rings (SSSR count). The average molecular weight is 437 g/mol. The Morgan fingerprint density at radius 3 is 2.28 bits per heavy atom. The Morgan fingerprint density at radius 2 is 1.72 bits per heavy atom. The number of aliphatic imine (C=N–C) groups is 2. The third-order valence-corrected chi connectivity index (χ3v) is 4.55. The topological polar surface area (TPSA) is 116 Å². The van der Waals surface area contributed by atoms with E-state index in [1.807, 2.05) is 0 Å². The van der Waals surface area contributed by atoms with Crippen LogP contribution in [0.15, 0.2) is 46.4 Å². The molecule has 2 aromatic rings. The number of hydrogen-bond donors (Lipinski definition) is 1. The van der Waals surface area contributed by atoms with Crippen molar-refractivity contribution in [3.8, 4) is 17.2 Å². The monoisotopic (exact) mass is 437 g/mol. The number of nitrogens with zero attached hydrogens (tertiary/aromatic N) is 4. The van der Waals surface area contributed by atoms with Gasteiger partial charge in [0, 0.05) is 12.1 Å². The Kier molecular flexibility index (Phi) is 6.53. The van der Waals surface area contributed by atoms with Crippen molar-refractivity contribution < 1.29 is 23.8 Å². The van der Waals surface area contributed by atoms with E-state index in [4.69, 9.17) is 14.2 Å². The summed E-state index contributed by atoms with van der Waals surface area (Å²) in [5.74, 6) is 0.839. The third kappa shape index (κ3) is 4.59. The molecule has 1 aliphatic rings. The van der Waals surface area contributed by atoms with Crippen LogP contribution in [0.4, 0.5) is 5.82 Å². The van der Waals surface area contributed by atoms with E-state index in [-0.39, 0.29) is 11.5 Å². The number of methoxy groups -OCH3 is 3. The van der Waals surface area contributed by atoms with E-state index < -0.39 is 11.8 Å². The van der Waals surface area contributed by atoms with Crippen molar-refractivity contribution in [3.63, 3.8) is 0 Å². The maximum Gasteiger partial charge on any atom is 0.281 e. The fourth-order valence-corrected chi connectivity index (χ4v) is 2.93. The number of carbonyl (C=O) groups is 2. The highest BCUT2D eigenvalue weighted by molar-refractivity contribution is 6.27. The normalized spacial score (nSPS) is 13.7. The van der Waals surface area contributed by atoms with Gasteiger partial charge in [0.1, 0.15) is 5.82 Å². The number of aromatic nitrogens is 2. The summed E-state index contributed by atoms with van der Waals surface area (Å²) >= 11 is 0. The zero-order chi connectivity index (χ0) is 23.4. The number of hydrogen-bond acceptors (Lipinski definition) is 7. The van der Waals surface area contributed by atoms with Gasteiger partial charge in [-0.3, -0.25) is 9.59 Å². The van der Waals surface area contributed by atoms with Crippen molar-refractivity contribution in [2.75, 3.05) is 26.6 Å². The second kappa shape index (κ2) is 9.29. The summed E-state index contributed by atoms with van der Waals surface area (Å²) in [4.78, 5) is 32.7. The van der Waals surface area contributed by atoms with Gasteiger partial charge in [0.25, 0.3) is 11.9 Å². The van der Waals surface area contributed by atoms with Crippen LogP contribution in [0, 0.1) is 6.92 Å². The number of amides is 2. The van der Waals surface area contributed by atoms with Crippen LogP contribution in [0.25, 0.3) is 6.08 Å². The molecule has 10 heteroatoms. The highest BCUT2D eigenvalue weighted by Crippen LogP contribution is 2.38. The summed E-state index contributed by atoms with van der Waals surface area (Å²) in [7, 11) is 4.54. The zero-order valence-corrected chi connectivity index (χ0v) is 18.4. The number of benzene rings is 1. The second-order valence-corrected chi connectivity index (χ2v) is 6.76. The van der Waals surface area contributed by atoms with Crippen LogP contribution in [-0.2, 0) is 9.59 Å². The van der Waals surface area contributed by atoms with Gasteiger partial charge in [0.2, 0.25) is 11.7 Å². The van der Waals surface area contributed by atoms with Gasteiger partial charge in [-0.2, -0.15) is 14.8 Å². The van der Waals surface area contributed by atoms with E-state index in [1.54, 1.807) is 38.1 Å². The van der Waals surface area contributed by atoms with Gasteiger partial charge >= 0.3 is 0 Å². The summed E-state index contributed by atoms with van der Waals surface area (Å²) in [5.41, 5.74) is 1.94. The van der Waals surface area contributed by atoms with Crippen LogP contribution in [0.2, 0.25) is 0 Å². The lowest BCUT2D eigenvalue weighted by atomic mass is 10.1. The summed E-state index contributed by atoms with van der Waals surface area (Å²) < 4.78 is 17.2. The molecule has 32 heavy (non-hydrogen) atoms. The van der Waals surface area contributed by atoms with Crippen LogP contribution in [0.5, 0.6) is 17.2 Å². The number of rotatable bonds is 6.